The van der Waals surface area contributed by atoms with E-state index < -0.39 is 0 Å². The molecule has 1 saturated heterocycles. The highest BCUT2D eigenvalue weighted by Gasteiger charge is 2.21. The first-order valence-corrected chi connectivity index (χ1v) is 9.13. The summed E-state index contributed by atoms with van der Waals surface area (Å²) in [5, 5.41) is 0. The van der Waals surface area contributed by atoms with E-state index in [2.05, 4.69) is 18.4 Å². The Morgan fingerprint density at radius 3 is 2.42 bits per heavy atom. The van der Waals surface area contributed by atoms with Gasteiger partial charge in [-0.25, -0.2) is 0 Å². The summed E-state index contributed by atoms with van der Waals surface area (Å²) in [5.74, 6) is 0.768. The van der Waals surface area contributed by atoms with Crippen LogP contribution in [0, 0.1) is 13.8 Å². The second-order valence-electron chi connectivity index (χ2n) is 7.10. The van der Waals surface area contributed by atoms with E-state index in [0.29, 0.717) is 18.2 Å². The number of nitrogens with zero attached hydrogens (tertiary/aromatic N) is 2. The number of hydrogen-bond donors (Lipinski definition) is 0. The zero-order chi connectivity index (χ0) is 18.8. The summed E-state index contributed by atoms with van der Waals surface area (Å²) in [7, 11) is 0. The van der Waals surface area contributed by atoms with Gasteiger partial charge in [0.05, 0.1) is 0 Å². The smallest absolute Gasteiger partial charge is 0.227 e. The van der Waals surface area contributed by atoms with Crippen molar-refractivity contribution in [1.29, 1.82) is 0 Å². The molecule has 5 heteroatoms. The minimum atomic E-state index is -0.0243. The molecule has 1 aliphatic rings. The molecule has 0 N–H and O–H groups in total. The number of benzene rings is 1. The molecule has 0 unspecified atom stereocenters. The molecule has 1 aliphatic heterocycles. The Bertz CT molecular complexity index is 819. The highest BCUT2D eigenvalue weighted by molar-refractivity contribution is 5.98. The fraction of sp³-hybridized carbons (Fsp3) is 0.429. The Kier molecular flexibility index (Phi) is 5.16. The lowest BCUT2D eigenvalue weighted by atomic mass is 10.1. The molecule has 0 spiro atoms. The van der Waals surface area contributed by atoms with Crippen molar-refractivity contribution in [3.8, 4) is 5.75 Å². The summed E-state index contributed by atoms with van der Waals surface area (Å²) >= 11 is 0. The minimum absolute atomic E-state index is 0.00435. The fourth-order valence-electron chi connectivity index (χ4n) is 3.72. The van der Waals surface area contributed by atoms with E-state index in [1.807, 2.05) is 44.2 Å². The number of anilines is 1. The molecular formula is C21H26N2O3. The highest BCUT2D eigenvalue weighted by Crippen LogP contribution is 2.24. The van der Waals surface area contributed by atoms with Gasteiger partial charge in [-0.3, -0.25) is 9.59 Å². The number of hydrogen-bond acceptors (Lipinski definition) is 3. The number of carbonyl (C=O) groups is 2. The van der Waals surface area contributed by atoms with Gasteiger partial charge in [-0.2, -0.15) is 0 Å². The summed E-state index contributed by atoms with van der Waals surface area (Å²) in [4.78, 5) is 26.1. The third kappa shape index (κ3) is 3.52. The van der Waals surface area contributed by atoms with Crippen LogP contribution in [0.15, 0.2) is 30.3 Å². The van der Waals surface area contributed by atoms with E-state index in [1.165, 1.54) is 0 Å². The lowest BCUT2D eigenvalue weighted by molar-refractivity contribution is -0.117. The normalized spacial score (nSPS) is 14.3. The van der Waals surface area contributed by atoms with E-state index >= 15 is 0 Å². The van der Waals surface area contributed by atoms with Crippen molar-refractivity contribution in [1.82, 2.24) is 4.57 Å². The van der Waals surface area contributed by atoms with E-state index in [4.69, 9.17) is 4.74 Å². The van der Waals surface area contributed by atoms with Crippen LogP contribution >= 0.6 is 0 Å². The first-order valence-electron chi connectivity index (χ1n) is 9.13. The van der Waals surface area contributed by atoms with Crippen LogP contribution in [0.5, 0.6) is 5.75 Å². The number of Topliss-reactive ketones (excluding diaryl/α,β-unsaturated/α-hetero) is 1. The van der Waals surface area contributed by atoms with E-state index in [9.17, 15) is 9.59 Å². The zero-order valence-electron chi connectivity index (χ0n) is 15.9. The lowest BCUT2D eigenvalue weighted by Gasteiger charge is -2.16. The van der Waals surface area contributed by atoms with Crippen LogP contribution in [0.2, 0.25) is 0 Å². The van der Waals surface area contributed by atoms with E-state index in [0.717, 1.165) is 35.6 Å². The molecule has 2 aromatic rings. The Balaban J connectivity index is 1.65. The molecule has 3 rings (SSSR count). The molecule has 138 valence electrons. The maximum absolute atomic E-state index is 12.6. The molecule has 0 aliphatic carbocycles. The predicted octanol–water partition coefficient (Wildman–Crippen LogP) is 4.07. The second-order valence-corrected chi connectivity index (χ2v) is 7.10. The number of ether oxygens (including phenoxy) is 1. The topological polar surface area (TPSA) is 51.5 Å². The number of aromatic nitrogens is 1. The largest absolute Gasteiger partial charge is 0.485 e. The molecule has 1 fully saturated rings. The van der Waals surface area contributed by atoms with Gasteiger partial charge in [0.2, 0.25) is 11.7 Å². The number of carbonyl (C=O) groups excluding carboxylic acids is 2. The van der Waals surface area contributed by atoms with Crippen molar-refractivity contribution >= 4 is 17.4 Å². The predicted molar refractivity (Wildman–Crippen MR) is 102 cm³/mol. The Morgan fingerprint density at radius 1 is 1.19 bits per heavy atom. The number of ketones is 1. The maximum Gasteiger partial charge on any atom is 0.227 e. The molecule has 26 heavy (non-hydrogen) atoms. The first-order chi connectivity index (χ1) is 12.4. The molecular weight excluding hydrogens is 328 g/mol. The van der Waals surface area contributed by atoms with Gasteiger partial charge in [-0.15, -0.1) is 0 Å². The molecule has 0 radical (unpaired) electrons. The summed E-state index contributed by atoms with van der Waals surface area (Å²) in [6.07, 6.45) is 1.52. The maximum atomic E-state index is 12.6. The third-order valence-corrected chi connectivity index (χ3v) is 4.89. The van der Waals surface area contributed by atoms with Gasteiger partial charge in [0.15, 0.2) is 6.61 Å². The third-order valence-electron chi connectivity index (χ3n) is 4.89. The number of amides is 1. The molecule has 0 atom stereocenters. The average Bonchev–Trinajstić information content (AvgIpc) is 3.16. The van der Waals surface area contributed by atoms with Gasteiger partial charge in [0.25, 0.3) is 0 Å². The van der Waals surface area contributed by atoms with Gasteiger partial charge >= 0.3 is 0 Å². The monoisotopic (exact) mass is 354 g/mol. The number of aryl methyl sites for hydroxylation is 1. The standard InChI is InChI=1S/C21H26N2O3/c1-14(2)23-15(3)12-19(16(23)4)20(24)13-26-18-9-7-17(8-10-18)22-11-5-6-21(22)25/h7-10,12,14H,5-6,11,13H2,1-4H3. The SMILES string of the molecule is Cc1cc(C(=O)COc2ccc(N3CCCC3=O)cc2)c(C)n1C(C)C. The van der Waals surface area contributed by atoms with Crippen LogP contribution in [0.1, 0.15) is 54.5 Å². The van der Waals surface area contributed by atoms with Crippen LogP contribution in [-0.4, -0.2) is 29.4 Å². The Labute approximate surface area is 154 Å². The van der Waals surface area contributed by atoms with Gasteiger partial charge in [0.1, 0.15) is 5.75 Å². The zero-order valence-corrected chi connectivity index (χ0v) is 15.9. The molecule has 0 saturated carbocycles. The summed E-state index contributed by atoms with van der Waals surface area (Å²) in [6, 6.07) is 9.61. The van der Waals surface area contributed by atoms with Gasteiger partial charge in [0, 0.05) is 41.6 Å². The van der Waals surface area contributed by atoms with Gasteiger partial charge in [-0.1, -0.05) is 0 Å². The molecule has 1 amide bonds. The van der Waals surface area contributed by atoms with Gasteiger partial charge in [-0.05, 0) is 64.4 Å². The van der Waals surface area contributed by atoms with Crippen molar-refractivity contribution in [3.05, 3.63) is 47.3 Å². The summed E-state index contributed by atoms with van der Waals surface area (Å²) in [5.41, 5.74) is 3.66. The molecule has 1 aromatic carbocycles. The molecule has 1 aromatic heterocycles. The molecule has 0 bridgehead atoms. The van der Waals surface area contributed by atoms with Gasteiger partial charge < -0.3 is 14.2 Å². The quantitative estimate of drug-likeness (QED) is 0.735. The van der Waals surface area contributed by atoms with Crippen LogP contribution in [0.3, 0.4) is 0 Å². The van der Waals surface area contributed by atoms with Crippen LogP contribution in [-0.2, 0) is 4.79 Å². The summed E-state index contributed by atoms with van der Waals surface area (Å²) in [6.45, 7) is 8.98. The van der Waals surface area contributed by atoms with Crippen molar-refractivity contribution in [2.45, 2.75) is 46.6 Å². The molecule has 2 heterocycles. The molecule has 5 nitrogen and oxygen atoms in total. The van der Waals surface area contributed by atoms with E-state index in [-0.39, 0.29) is 18.3 Å². The van der Waals surface area contributed by atoms with Crippen LogP contribution < -0.4 is 9.64 Å². The van der Waals surface area contributed by atoms with Crippen LogP contribution in [0.25, 0.3) is 0 Å². The fourth-order valence-corrected chi connectivity index (χ4v) is 3.72. The van der Waals surface area contributed by atoms with E-state index in [1.54, 1.807) is 4.90 Å². The first kappa shape index (κ1) is 18.2. The minimum Gasteiger partial charge on any atom is -0.485 e. The second kappa shape index (κ2) is 7.36. The van der Waals surface area contributed by atoms with Crippen molar-refractivity contribution < 1.29 is 14.3 Å². The van der Waals surface area contributed by atoms with Crippen molar-refractivity contribution in [2.75, 3.05) is 18.1 Å². The average molecular weight is 354 g/mol. The Hall–Kier alpha value is -2.56. The Morgan fingerprint density at radius 2 is 1.88 bits per heavy atom. The van der Waals surface area contributed by atoms with Crippen molar-refractivity contribution in [3.63, 3.8) is 0 Å². The van der Waals surface area contributed by atoms with Crippen LogP contribution in [0.4, 0.5) is 5.69 Å². The summed E-state index contributed by atoms with van der Waals surface area (Å²) < 4.78 is 7.83. The highest BCUT2D eigenvalue weighted by atomic mass is 16.5. The number of rotatable bonds is 6. The van der Waals surface area contributed by atoms with Crippen molar-refractivity contribution in [2.24, 2.45) is 0 Å². The lowest BCUT2D eigenvalue weighted by Crippen LogP contribution is -2.23.